The predicted octanol–water partition coefficient (Wildman–Crippen LogP) is 4.40. The highest BCUT2D eigenvalue weighted by atomic mass is 16.5. The summed E-state index contributed by atoms with van der Waals surface area (Å²) in [5, 5.41) is 0. The van der Waals surface area contributed by atoms with Gasteiger partial charge in [0.25, 0.3) is 0 Å². The third-order valence-electron chi connectivity index (χ3n) is 3.14. The van der Waals surface area contributed by atoms with Crippen LogP contribution in [0.15, 0.2) is 0 Å². The summed E-state index contributed by atoms with van der Waals surface area (Å²) in [6, 6.07) is 0. The molecule has 124 valence electrons. The molecule has 0 spiro atoms. The van der Waals surface area contributed by atoms with Crippen molar-refractivity contribution in [1.82, 2.24) is 0 Å². The largest absolute Gasteiger partial charge is 0.466 e. The van der Waals surface area contributed by atoms with Gasteiger partial charge in [-0.25, -0.2) is 0 Å². The van der Waals surface area contributed by atoms with Gasteiger partial charge < -0.3 is 9.47 Å². The Labute approximate surface area is 129 Å². The Hall–Kier alpha value is -1.06. The minimum Gasteiger partial charge on any atom is -0.466 e. The summed E-state index contributed by atoms with van der Waals surface area (Å²) in [6.45, 7) is 6.34. The fourth-order valence-electron chi connectivity index (χ4n) is 2.02. The highest BCUT2D eigenvalue weighted by Crippen LogP contribution is 2.07. The van der Waals surface area contributed by atoms with Crippen LogP contribution in [0.2, 0.25) is 0 Å². The zero-order valence-electron chi connectivity index (χ0n) is 14.0. The Kier molecular flexibility index (Phi) is 13.2. The first-order valence-electron chi connectivity index (χ1n) is 8.41. The Morgan fingerprint density at radius 3 is 2.00 bits per heavy atom. The van der Waals surface area contributed by atoms with Crippen LogP contribution in [0.25, 0.3) is 0 Å². The molecule has 4 nitrogen and oxygen atoms in total. The SMILES string of the molecule is CCCCCCCCCOC(=O)CCCC(=O)OC(C)C. The van der Waals surface area contributed by atoms with E-state index < -0.39 is 0 Å². The van der Waals surface area contributed by atoms with Crippen molar-refractivity contribution >= 4 is 11.9 Å². The first-order valence-corrected chi connectivity index (χ1v) is 8.41. The molecule has 0 saturated heterocycles. The number of esters is 2. The first kappa shape index (κ1) is 19.9. The van der Waals surface area contributed by atoms with Crippen LogP contribution in [0.5, 0.6) is 0 Å². The monoisotopic (exact) mass is 300 g/mol. The summed E-state index contributed by atoms with van der Waals surface area (Å²) in [5.74, 6) is -0.455. The molecule has 0 rings (SSSR count). The molecule has 0 aliphatic carbocycles. The maximum Gasteiger partial charge on any atom is 0.306 e. The number of hydrogen-bond acceptors (Lipinski definition) is 4. The topological polar surface area (TPSA) is 52.6 Å². The number of rotatable bonds is 13. The number of ether oxygens (including phenoxy) is 2. The summed E-state index contributed by atoms with van der Waals surface area (Å²) in [6.07, 6.45) is 9.43. The van der Waals surface area contributed by atoms with E-state index in [9.17, 15) is 9.59 Å². The van der Waals surface area contributed by atoms with E-state index in [1.807, 2.05) is 13.8 Å². The normalized spacial score (nSPS) is 10.7. The maximum absolute atomic E-state index is 11.4. The van der Waals surface area contributed by atoms with E-state index in [-0.39, 0.29) is 24.5 Å². The molecule has 0 radical (unpaired) electrons. The van der Waals surface area contributed by atoms with Crippen molar-refractivity contribution in [2.24, 2.45) is 0 Å². The van der Waals surface area contributed by atoms with Crippen molar-refractivity contribution < 1.29 is 19.1 Å². The highest BCUT2D eigenvalue weighted by Gasteiger charge is 2.08. The summed E-state index contributed by atoms with van der Waals surface area (Å²) in [5.41, 5.74) is 0. The van der Waals surface area contributed by atoms with Crippen LogP contribution >= 0.6 is 0 Å². The molecular formula is C17H32O4. The van der Waals surface area contributed by atoms with Gasteiger partial charge in [0.15, 0.2) is 0 Å². The molecule has 0 aromatic rings. The molecule has 0 heterocycles. The Balaban J connectivity index is 3.33. The molecular weight excluding hydrogens is 268 g/mol. The molecule has 0 aromatic carbocycles. The van der Waals surface area contributed by atoms with Gasteiger partial charge in [0.05, 0.1) is 12.7 Å². The molecule has 0 saturated carbocycles. The van der Waals surface area contributed by atoms with Gasteiger partial charge in [-0.05, 0) is 26.7 Å². The fraction of sp³-hybridized carbons (Fsp3) is 0.882. The molecule has 0 unspecified atom stereocenters. The van der Waals surface area contributed by atoms with Gasteiger partial charge in [0.1, 0.15) is 0 Å². The van der Waals surface area contributed by atoms with Gasteiger partial charge in [0, 0.05) is 12.8 Å². The Morgan fingerprint density at radius 2 is 1.38 bits per heavy atom. The van der Waals surface area contributed by atoms with E-state index in [0.29, 0.717) is 19.4 Å². The molecule has 0 amide bonds. The fourth-order valence-corrected chi connectivity index (χ4v) is 2.02. The average Bonchev–Trinajstić information content (AvgIpc) is 2.41. The van der Waals surface area contributed by atoms with Crippen LogP contribution in [0.4, 0.5) is 0 Å². The lowest BCUT2D eigenvalue weighted by Gasteiger charge is -2.07. The van der Waals surface area contributed by atoms with Crippen molar-refractivity contribution in [3.63, 3.8) is 0 Å². The van der Waals surface area contributed by atoms with E-state index in [0.717, 1.165) is 12.8 Å². The predicted molar refractivity (Wildman–Crippen MR) is 84.0 cm³/mol. The van der Waals surface area contributed by atoms with Gasteiger partial charge in [-0.1, -0.05) is 45.4 Å². The van der Waals surface area contributed by atoms with E-state index in [1.165, 1.54) is 32.1 Å². The van der Waals surface area contributed by atoms with Crippen LogP contribution in [0.3, 0.4) is 0 Å². The highest BCUT2D eigenvalue weighted by molar-refractivity contribution is 5.72. The second-order valence-electron chi connectivity index (χ2n) is 5.73. The molecule has 0 aliphatic heterocycles. The zero-order valence-corrected chi connectivity index (χ0v) is 14.0. The molecule has 0 atom stereocenters. The number of carbonyl (C=O) groups is 2. The van der Waals surface area contributed by atoms with Crippen LogP contribution in [-0.2, 0) is 19.1 Å². The van der Waals surface area contributed by atoms with Gasteiger partial charge in [-0.15, -0.1) is 0 Å². The lowest BCUT2D eigenvalue weighted by Crippen LogP contribution is -2.12. The van der Waals surface area contributed by atoms with Crippen LogP contribution in [-0.4, -0.2) is 24.6 Å². The second-order valence-corrected chi connectivity index (χ2v) is 5.73. The maximum atomic E-state index is 11.4. The molecule has 0 aliphatic rings. The van der Waals surface area contributed by atoms with Crippen molar-refractivity contribution in [1.29, 1.82) is 0 Å². The molecule has 0 N–H and O–H groups in total. The first-order chi connectivity index (χ1) is 10.1. The third-order valence-corrected chi connectivity index (χ3v) is 3.14. The standard InChI is InChI=1S/C17H32O4/c1-4-5-6-7-8-9-10-14-20-16(18)12-11-13-17(19)21-15(2)3/h15H,4-14H2,1-3H3. The summed E-state index contributed by atoms with van der Waals surface area (Å²) >= 11 is 0. The van der Waals surface area contributed by atoms with E-state index in [2.05, 4.69) is 6.92 Å². The van der Waals surface area contributed by atoms with Crippen LogP contribution in [0, 0.1) is 0 Å². The van der Waals surface area contributed by atoms with E-state index in [4.69, 9.17) is 9.47 Å². The minimum atomic E-state index is -0.245. The molecule has 4 heteroatoms. The quantitative estimate of drug-likeness (QED) is 0.373. The zero-order chi connectivity index (χ0) is 15.9. The summed E-state index contributed by atoms with van der Waals surface area (Å²) in [7, 11) is 0. The number of hydrogen-bond donors (Lipinski definition) is 0. The number of unbranched alkanes of at least 4 members (excludes halogenated alkanes) is 6. The Morgan fingerprint density at radius 1 is 0.810 bits per heavy atom. The summed E-state index contributed by atoms with van der Waals surface area (Å²) < 4.78 is 10.1. The lowest BCUT2D eigenvalue weighted by molar-refractivity contribution is -0.148. The van der Waals surface area contributed by atoms with Gasteiger partial charge in [0.2, 0.25) is 0 Å². The molecule has 0 bridgehead atoms. The molecule has 21 heavy (non-hydrogen) atoms. The minimum absolute atomic E-state index is 0.0956. The van der Waals surface area contributed by atoms with Crippen LogP contribution in [0.1, 0.15) is 85.0 Å². The Bertz CT molecular complexity index is 274. The average molecular weight is 300 g/mol. The molecule has 0 fully saturated rings. The van der Waals surface area contributed by atoms with Crippen molar-refractivity contribution in [2.45, 2.75) is 91.1 Å². The van der Waals surface area contributed by atoms with Gasteiger partial charge in [-0.2, -0.15) is 0 Å². The second kappa shape index (κ2) is 13.9. The molecule has 0 aromatic heterocycles. The van der Waals surface area contributed by atoms with Gasteiger partial charge >= 0.3 is 11.9 Å². The smallest absolute Gasteiger partial charge is 0.306 e. The summed E-state index contributed by atoms with van der Waals surface area (Å²) in [4.78, 5) is 22.7. The van der Waals surface area contributed by atoms with Crippen molar-refractivity contribution in [3.8, 4) is 0 Å². The van der Waals surface area contributed by atoms with Crippen LogP contribution < -0.4 is 0 Å². The van der Waals surface area contributed by atoms with E-state index in [1.54, 1.807) is 0 Å². The van der Waals surface area contributed by atoms with Gasteiger partial charge in [-0.3, -0.25) is 9.59 Å². The third kappa shape index (κ3) is 15.2. The van der Waals surface area contributed by atoms with Crippen molar-refractivity contribution in [3.05, 3.63) is 0 Å². The van der Waals surface area contributed by atoms with Crippen molar-refractivity contribution in [2.75, 3.05) is 6.61 Å². The van der Waals surface area contributed by atoms with E-state index >= 15 is 0 Å². The number of carbonyl (C=O) groups excluding carboxylic acids is 2. The lowest BCUT2D eigenvalue weighted by atomic mass is 10.1.